The molecule has 0 spiro atoms. The fourth-order valence-electron chi connectivity index (χ4n) is 3.09. The summed E-state index contributed by atoms with van der Waals surface area (Å²) in [5.41, 5.74) is -0.244. The minimum Gasteiger partial charge on any atom is -0.476 e. The second kappa shape index (κ2) is 8.61. The van der Waals surface area contributed by atoms with Crippen LogP contribution in [0.15, 0.2) is 36.4 Å². The Morgan fingerprint density at radius 3 is 2.42 bits per heavy atom. The molecule has 7 nitrogen and oxygen atoms in total. The number of carboxylic acid groups (broad SMARTS) is 1. The smallest absolute Gasteiger partial charge is 0.419 e. The summed E-state index contributed by atoms with van der Waals surface area (Å²) in [5, 5.41) is 10.2. The molecule has 162 valence electrons. The number of nitrogens with zero attached hydrogens (tertiary/aromatic N) is 1. The standard InChI is InChI=1S/C22H19Cl2NO6/c1-4-30-20(27)22(2,3)31-18-8-6-13(23)9-12(18)10-16-15-7-5-14(24)11-17(15)25(19(16)26)21(28)29/h5-11H,4H2,1-3H3,(H,28,29). The van der Waals surface area contributed by atoms with Crippen molar-refractivity contribution in [3.8, 4) is 5.75 Å². The largest absolute Gasteiger partial charge is 0.476 e. The minimum atomic E-state index is -1.43. The molecule has 31 heavy (non-hydrogen) atoms. The highest BCUT2D eigenvalue weighted by Crippen LogP contribution is 2.41. The van der Waals surface area contributed by atoms with Crippen LogP contribution in [-0.2, 0) is 14.3 Å². The van der Waals surface area contributed by atoms with E-state index in [0.717, 1.165) is 0 Å². The summed E-state index contributed by atoms with van der Waals surface area (Å²) in [7, 11) is 0. The van der Waals surface area contributed by atoms with Crippen molar-refractivity contribution in [2.45, 2.75) is 26.4 Å². The van der Waals surface area contributed by atoms with Gasteiger partial charge in [-0.2, -0.15) is 0 Å². The Morgan fingerprint density at radius 1 is 1.13 bits per heavy atom. The summed E-state index contributed by atoms with van der Waals surface area (Å²) in [5.74, 6) is -1.02. The Kier molecular flexibility index (Phi) is 6.29. The first kappa shape index (κ1) is 22.7. The fraction of sp³-hybridized carbons (Fsp3) is 0.227. The molecule has 3 rings (SSSR count). The number of anilines is 1. The van der Waals surface area contributed by atoms with Gasteiger partial charge in [0.2, 0.25) is 0 Å². The minimum absolute atomic E-state index is 0.120. The summed E-state index contributed by atoms with van der Waals surface area (Å²) in [6.45, 7) is 5.00. The van der Waals surface area contributed by atoms with E-state index in [0.29, 0.717) is 26.1 Å². The molecule has 2 amide bonds. The number of carbonyl (C=O) groups excluding carboxylic acids is 2. The summed E-state index contributed by atoms with van der Waals surface area (Å²) >= 11 is 12.1. The van der Waals surface area contributed by atoms with Crippen molar-refractivity contribution in [2.75, 3.05) is 11.5 Å². The summed E-state index contributed by atoms with van der Waals surface area (Å²) in [6, 6.07) is 9.23. The zero-order valence-electron chi connectivity index (χ0n) is 16.9. The first-order valence-electron chi connectivity index (χ1n) is 9.30. The molecule has 9 heteroatoms. The van der Waals surface area contributed by atoms with E-state index >= 15 is 0 Å². The second-order valence-corrected chi connectivity index (χ2v) is 8.03. The van der Waals surface area contributed by atoms with Crippen LogP contribution in [-0.4, -0.2) is 35.3 Å². The van der Waals surface area contributed by atoms with E-state index in [-0.39, 0.29) is 23.6 Å². The normalized spacial score (nSPS) is 14.5. The van der Waals surface area contributed by atoms with Crippen LogP contribution in [0.1, 0.15) is 31.9 Å². The van der Waals surface area contributed by atoms with Crippen molar-refractivity contribution >= 4 is 58.5 Å². The molecule has 0 radical (unpaired) electrons. The quantitative estimate of drug-likeness (QED) is 0.478. The third kappa shape index (κ3) is 4.52. The Labute approximate surface area is 188 Å². The number of fused-ring (bicyclic) bond motifs is 1. The number of carbonyl (C=O) groups is 3. The molecule has 0 atom stereocenters. The van der Waals surface area contributed by atoms with Gasteiger partial charge in [0.25, 0.3) is 5.91 Å². The van der Waals surface area contributed by atoms with Crippen molar-refractivity contribution in [1.82, 2.24) is 0 Å². The Balaban J connectivity index is 2.10. The molecule has 0 aromatic heterocycles. The third-order valence-corrected chi connectivity index (χ3v) is 4.99. The van der Waals surface area contributed by atoms with Crippen molar-refractivity contribution in [3.63, 3.8) is 0 Å². The van der Waals surface area contributed by atoms with E-state index in [2.05, 4.69) is 0 Å². The molecule has 0 aliphatic carbocycles. The van der Waals surface area contributed by atoms with Crippen LogP contribution in [0, 0.1) is 0 Å². The predicted molar refractivity (Wildman–Crippen MR) is 118 cm³/mol. The molecule has 2 aromatic rings. The van der Waals surface area contributed by atoms with Crippen molar-refractivity contribution in [2.24, 2.45) is 0 Å². The highest BCUT2D eigenvalue weighted by Gasteiger charge is 2.37. The number of benzene rings is 2. The molecule has 0 unspecified atom stereocenters. The van der Waals surface area contributed by atoms with Crippen molar-refractivity contribution in [3.05, 3.63) is 57.6 Å². The van der Waals surface area contributed by atoms with E-state index in [4.69, 9.17) is 32.7 Å². The lowest BCUT2D eigenvalue weighted by Crippen LogP contribution is -2.39. The number of halogens is 2. The highest BCUT2D eigenvalue weighted by atomic mass is 35.5. The van der Waals surface area contributed by atoms with Gasteiger partial charge >= 0.3 is 12.1 Å². The molecular formula is C22H19Cl2NO6. The molecule has 0 saturated heterocycles. The number of amides is 2. The van der Waals surface area contributed by atoms with Crippen LogP contribution in [0.2, 0.25) is 10.0 Å². The molecule has 0 bridgehead atoms. The van der Waals surface area contributed by atoms with Gasteiger partial charge in [-0.3, -0.25) is 4.79 Å². The molecule has 1 heterocycles. The predicted octanol–water partition coefficient (Wildman–Crippen LogP) is 5.28. The van der Waals surface area contributed by atoms with E-state index in [1.54, 1.807) is 51.1 Å². The van der Waals surface area contributed by atoms with Gasteiger partial charge < -0.3 is 14.6 Å². The lowest BCUT2D eigenvalue weighted by atomic mass is 10.0. The monoisotopic (exact) mass is 463 g/mol. The van der Waals surface area contributed by atoms with Gasteiger partial charge in [-0.05, 0) is 57.2 Å². The average Bonchev–Trinajstić information content (AvgIpc) is 2.95. The Hall–Kier alpha value is -3.03. The van der Waals surface area contributed by atoms with E-state index in [1.807, 2.05) is 0 Å². The van der Waals surface area contributed by atoms with E-state index < -0.39 is 23.6 Å². The Bertz CT molecular complexity index is 1110. The molecule has 0 fully saturated rings. The van der Waals surface area contributed by atoms with Crippen LogP contribution in [0.25, 0.3) is 11.6 Å². The van der Waals surface area contributed by atoms with Gasteiger partial charge in [0.15, 0.2) is 5.60 Å². The SMILES string of the molecule is CCOC(=O)C(C)(C)Oc1ccc(Cl)cc1C=C1C(=O)N(C(=O)O)c2cc(Cl)ccc21. The summed E-state index contributed by atoms with van der Waals surface area (Å²) in [6.07, 6.45) is 0.0448. The zero-order chi connectivity index (χ0) is 22.9. The van der Waals surface area contributed by atoms with Gasteiger partial charge in [0.05, 0.1) is 17.9 Å². The topological polar surface area (TPSA) is 93.1 Å². The van der Waals surface area contributed by atoms with Gasteiger partial charge in [-0.15, -0.1) is 0 Å². The molecule has 0 saturated carbocycles. The number of rotatable bonds is 5. The summed E-state index contributed by atoms with van der Waals surface area (Å²) < 4.78 is 10.9. The van der Waals surface area contributed by atoms with E-state index in [1.165, 1.54) is 12.1 Å². The highest BCUT2D eigenvalue weighted by molar-refractivity contribution is 6.42. The van der Waals surface area contributed by atoms with Crippen LogP contribution >= 0.6 is 23.2 Å². The first-order chi connectivity index (χ1) is 14.5. The first-order valence-corrected chi connectivity index (χ1v) is 10.1. The molecule has 1 aliphatic rings. The van der Waals surface area contributed by atoms with Gasteiger partial charge in [-0.25, -0.2) is 14.5 Å². The maximum atomic E-state index is 12.9. The third-order valence-electron chi connectivity index (χ3n) is 4.52. The fourth-order valence-corrected chi connectivity index (χ4v) is 3.44. The van der Waals surface area contributed by atoms with Crippen LogP contribution in [0.5, 0.6) is 5.75 Å². The summed E-state index contributed by atoms with van der Waals surface area (Å²) in [4.78, 5) is 37.4. The second-order valence-electron chi connectivity index (χ2n) is 7.16. The number of imide groups is 1. The Morgan fingerprint density at radius 2 is 1.77 bits per heavy atom. The number of esters is 1. The van der Waals surface area contributed by atoms with Gasteiger partial charge in [0.1, 0.15) is 5.75 Å². The van der Waals surface area contributed by atoms with E-state index in [9.17, 15) is 19.5 Å². The maximum Gasteiger partial charge on any atom is 0.419 e. The van der Waals surface area contributed by atoms with Crippen LogP contribution < -0.4 is 9.64 Å². The average molecular weight is 464 g/mol. The van der Waals surface area contributed by atoms with Crippen LogP contribution in [0.3, 0.4) is 0 Å². The van der Waals surface area contributed by atoms with Crippen molar-refractivity contribution in [1.29, 1.82) is 0 Å². The molecular weight excluding hydrogens is 445 g/mol. The zero-order valence-corrected chi connectivity index (χ0v) is 18.5. The molecule has 1 N–H and O–H groups in total. The van der Waals surface area contributed by atoms with Gasteiger partial charge in [-0.1, -0.05) is 29.3 Å². The molecule has 2 aromatic carbocycles. The number of hydrogen-bond donors (Lipinski definition) is 1. The number of hydrogen-bond acceptors (Lipinski definition) is 5. The maximum absolute atomic E-state index is 12.9. The van der Waals surface area contributed by atoms with Crippen LogP contribution in [0.4, 0.5) is 10.5 Å². The molecule has 1 aliphatic heterocycles. The van der Waals surface area contributed by atoms with Gasteiger partial charge in [0, 0.05) is 21.2 Å². The lowest BCUT2D eigenvalue weighted by Gasteiger charge is -2.25. The lowest BCUT2D eigenvalue weighted by molar-refractivity contribution is -0.158. The van der Waals surface area contributed by atoms with Crippen molar-refractivity contribution < 1.29 is 29.0 Å². The number of ether oxygens (including phenoxy) is 2.